The molecule has 1 saturated heterocycles. The number of likely N-dealkylation sites (N-methyl/N-ethyl adjacent to an activating group) is 1. The highest BCUT2D eigenvalue weighted by molar-refractivity contribution is 5.76. The minimum atomic E-state index is -0.185. The number of likely N-dealkylation sites (tertiary alicyclic amines) is 1. The molecule has 0 aromatic heterocycles. The van der Waals surface area contributed by atoms with E-state index in [9.17, 15) is 4.79 Å². The molecular weight excluding hydrogens is 252 g/mol. The van der Waals surface area contributed by atoms with Crippen molar-refractivity contribution in [2.24, 2.45) is 5.41 Å². The molecule has 1 aliphatic heterocycles. The van der Waals surface area contributed by atoms with Gasteiger partial charge >= 0.3 is 5.97 Å². The highest BCUT2D eigenvalue weighted by Crippen LogP contribution is 2.37. The molecule has 0 spiro atoms. The first-order valence-corrected chi connectivity index (χ1v) is 8.23. The molecule has 1 rings (SSSR count). The fraction of sp³-hybridized carbons (Fsp3) is 0.938. The second-order valence-electron chi connectivity index (χ2n) is 5.87. The van der Waals surface area contributed by atoms with E-state index in [1.54, 1.807) is 0 Å². The molecule has 4 nitrogen and oxygen atoms in total. The molecule has 1 heterocycles. The second-order valence-corrected chi connectivity index (χ2v) is 5.87. The molecule has 4 heteroatoms. The maximum absolute atomic E-state index is 11.9. The molecule has 0 saturated carbocycles. The third-order valence-electron chi connectivity index (χ3n) is 4.88. The summed E-state index contributed by atoms with van der Waals surface area (Å²) in [4.78, 5) is 14.3. The van der Waals surface area contributed by atoms with Gasteiger partial charge in [0.25, 0.3) is 0 Å². The minimum absolute atomic E-state index is 0.114. The van der Waals surface area contributed by atoms with Gasteiger partial charge in [-0.2, -0.15) is 0 Å². The van der Waals surface area contributed by atoms with Crippen LogP contribution in [0.25, 0.3) is 0 Å². The van der Waals surface area contributed by atoms with Crippen LogP contribution in [-0.2, 0) is 9.53 Å². The van der Waals surface area contributed by atoms with Crippen molar-refractivity contribution >= 4 is 5.97 Å². The Morgan fingerprint density at radius 2 is 1.80 bits per heavy atom. The molecular formula is C16H32N2O2. The Morgan fingerprint density at radius 1 is 1.20 bits per heavy atom. The van der Waals surface area contributed by atoms with Crippen molar-refractivity contribution in [1.29, 1.82) is 0 Å². The van der Waals surface area contributed by atoms with Crippen molar-refractivity contribution in [3.8, 4) is 0 Å². The lowest BCUT2D eigenvalue weighted by Crippen LogP contribution is -2.50. The summed E-state index contributed by atoms with van der Waals surface area (Å²) in [5.74, 6) is -0.114. The SMILES string of the molecule is CCNC(CN1CCC(CC)(CC)CC1)C(=O)OCC. The van der Waals surface area contributed by atoms with Gasteiger partial charge in [0.05, 0.1) is 6.61 Å². The number of rotatable bonds is 8. The Kier molecular flexibility index (Phi) is 7.52. The fourth-order valence-corrected chi connectivity index (χ4v) is 3.14. The Morgan fingerprint density at radius 3 is 2.25 bits per heavy atom. The summed E-state index contributed by atoms with van der Waals surface area (Å²) < 4.78 is 5.15. The second kappa shape index (κ2) is 8.63. The van der Waals surface area contributed by atoms with E-state index in [2.05, 4.69) is 24.1 Å². The Labute approximate surface area is 124 Å². The molecule has 118 valence electrons. The zero-order valence-corrected chi connectivity index (χ0v) is 13.7. The zero-order valence-electron chi connectivity index (χ0n) is 13.7. The molecule has 0 radical (unpaired) electrons. The molecule has 0 bridgehead atoms. The summed E-state index contributed by atoms with van der Waals surface area (Å²) in [6, 6.07) is -0.185. The topological polar surface area (TPSA) is 41.6 Å². The van der Waals surface area contributed by atoms with E-state index >= 15 is 0 Å². The molecule has 20 heavy (non-hydrogen) atoms. The van der Waals surface area contributed by atoms with Gasteiger partial charge in [-0.1, -0.05) is 33.6 Å². The summed E-state index contributed by atoms with van der Waals surface area (Å²) in [6.45, 7) is 12.7. The number of ether oxygens (including phenoxy) is 1. The van der Waals surface area contributed by atoms with Gasteiger partial charge in [0, 0.05) is 6.54 Å². The molecule has 1 N–H and O–H groups in total. The quantitative estimate of drug-likeness (QED) is 0.695. The predicted octanol–water partition coefficient (Wildman–Crippen LogP) is 2.43. The first kappa shape index (κ1) is 17.4. The van der Waals surface area contributed by atoms with Gasteiger partial charge < -0.3 is 15.0 Å². The number of hydrogen-bond acceptors (Lipinski definition) is 4. The van der Waals surface area contributed by atoms with Crippen LogP contribution in [0.3, 0.4) is 0 Å². The van der Waals surface area contributed by atoms with Gasteiger partial charge in [-0.25, -0.2) is 0 Å². The van der Waals surface area contributed by atoms with Crippen LogP contribution in [-0.4, -0.2) is 49.7 Å². The van der Waals surface area contributed by atoms with Crippen LogP contribution in [0.5, 0.6) is 0 Å². The average molecular weight is 284 g/mol. The van der Waals surface area contributed by atoms with E-state index in [1.807, 2.05) is 13.8 Å². The lowest BCUT2D eigenvalue weighted by Gasteiger charge is -2.41. The maximum atomic E-state index is 11.9. The summed E-state index contributed by atoms with van der Waals surface area (Å²) in [5, 5.41) is 3.25. The van der Waals surface area contributed by atoms with Crippen LogP contribution in [0.15, 0.2) is 0 Å². The molecule has 1 atom stereocenters. The van der Waals surface area contributed by atoms with E-state index in [-0.39, 0.29) is 12.0 Å². The maximum Gasteiger partial charge on any atom is 0.324 e. The molecule has 1 unspecified atom stereocenters. The number of carbonyl (C=O) groups excluding carboxylic acids is 1. The number of piperidine rings is 1. The first-order chi connectivity index (χ1) is 9.60. The highest BCUT2D eigenvalue weighted by Gasteiger charge is 2.32. The Bertz CT molecular complexity index is 280. The van der Waals surface area contributed by atoms with Crippen molar-refractivity contribution in [2.45, 2.75) is 59.4 Å². The van der Waals surface area contributed by atoms with E-state index in [1.165, 1.54) is 25.7 Å². The van der Waals surface area contributed by atoms with Gasteiger partial charge in [0.2, 0.25) is 0 Å². The molecule has 1 fully saturated rings. The van der Waals surface area contributed by atoms with Crippen LogP contribution in [0.4, 0.5) is 0 Å². The number of nitrogens with zero attached hydrogens (tertiary/aromatic N) is 1. The number of nitrogens with one attached hydrogen (secondary N) is 1. The normalized spacial score (nSPS) is 20.6. The van der Waals surface area contributed by atoms with E-state index in [0.29, 0.717) is 12.0 Å². The van der Waals surface area contributed by atoms with Crippen molar-refractivity contribution in [3.63, 3.8) is 0 Å². The largest absolute Gasteiger partial charge is 0.465 e. The van der Waals surface area contributed by atoms with Crippen LogP contribution in [0, 0.1) is 5.41 Å². The number of esters is 1. The molecule has 0 aromatic rings. The Balaban J connectivity index is 2.49. The van der Waals surface area contributed by atoms with Crippen LogP contribution >= 0.6 is 0 Å². The van der Waals surface area contributed by atoms with Crippen molar-refractivity contribution in [3.05, 3.63) is 0 Å². The minimum Gasteiger partial charge on any atom is -0.465 e. The van der Waals surface area contributed by atoms with E-state index < -0.39 is 0 Å². The molecule has 1 aliphatic rings. The van der Waals surface area contributed by atoms with Crippen molar-refractivity contribution < 1.29 is 9.53 Å². The third kappa shape index (κ3) is 4.74. The molecule has 0 aromatic carbocycles. The van der Waals surface area contributed by atoms with Crippen LogP contribution < -0.4 is 5.32 Å². The standard InChI is InChI=1S/C16H32N2O2/c1-5-16(6-2)9-11-18(12-10-16)13-14(17-7-3)15(19)20-8-4/h14,17H,5-13H2,1-4H3. The summed E-state index contributed by atoms with van der Waals surface area (Å²) in [5.41, 5.74) is 0.536. The van der Waals surface area contributed by atoms with E-state index in [0.717, 1.165) is 26.2 Å². The predicted molar refractivity (Wildman–Crippen MR) is 82.8 cm³/mol. The number of carbonyl (C=O) groups is 1. The lowest BCUT2D eigenvalue weighted by atomic mass is 9.74. The number of hydrogen-bond donors (Lipinski definition) is 1. The summed E-state index contributed by atoms with van der Waals surface area (Å²) in [6.07, 6.45) is 5.04. The summed E-state index contributed by atoms with van der Waals surface area (Å²) >= 11 is 0. The first-order valence-electron chi connectivity index (χ1n) is 8.23. The molecule has 0 aliphatic carbocycles. The monoisotopic (exact) mass is 284 g/mol. The van der Waals surface area contributed by atoms with Crippen LogP contribution in [0.2, 0.25) is 0 Å². The van der Waals surface area contributed by atoms with E-state index in [4.69, 9.17) is 4.74 Å². The Hall–Kier alpha value is -0.610. The fourth-order valence-electron chi connectivity index (χ4n) is 3.14. The van der Waals surface area contributed by atoms with Gasteiger partial charge in [-0.05, 0) is 44.8 Å². The van der Waals surface area contributed by atoms with Crippen molar-refractivity contribution in [1.82, 2.24) is 10.2 Å². The smallest absolute Gasteiger partial charge is 0.324 e. The summed E-state index contributed by atoms with van der Waals surface area (Å²) in [7, 11) is 0. The highest BCUT2D eigenvalue weighted by atomic mass is 16.5. The van der Waals surface area contributed by atoms with Crippen LogP contribution in [0.1, 0.15) is 53.4 Å². The zero-order chi connectivity index (χ0) is 15.0. The third-order valence-corrected chi connectivity index (χ3v) is 4.88. The lowest BCUT2D eigenvalue weighted by molar-refractivity contribution is -0.146. The van der Waals surface area contributed by atoms with Gasteiger partial charge in [0.15, 0.2) is 0 Å². The average Bonchev–Trinajstić information content (AvgIpc) is 2.48. The molecule has 0 amide bonds. The van der Waals surface area contributed by atoms with Gasteiger partial charge in [-0.3, -0.25) is 4.79 Å². The van der Waals surface area contributed by atoms with Gasteiger partial charge in [-0.15, -0.1) is 0 Å². The van der Waals surface area contributed by atoms with Crippen molar-refractivity contribution in [2.75, 3.05) is 32.8 Å². The van der Waals surface area contributed by atoms with Gasteiger partial charge in [0.1, 0.15) is 6.04 Å².